The Labute approximate surface area is 265 Å². The van der Waals surface area contributed by atoms with Gasteiger partial charge in [0.1, 0.15) is 30.2 Å². The van der Waals surface area contributed by atoms with Crippen LogP contribution in [0.5, 0.6) is 23.0 Å². The summed E-state index contributed by atoms with van der Waals surface area (Å²) in [6.07, 6.45) is 3.52. The SMILES string of the molecule is C/C=C/C(=O)N[C@H]1CS[C@@H]2c3c(O)c(C)c4c(c3[C@@H](COC1=O)N1C2[C@H]2c3c(cc(C)c(C)c3O)C[C@@H]([C@@H]1C#N)N2C)OCO4. The van der Waals surface area contributed by atoms with Crippen molar-refractivity contribution in [3.05, 3.63) is 57.2 Å². The zero-order chi connectivity index (χ0) is 31.9. The molecule has 2 fully saturated rings. The predicted octanol–water partition coefficient (Wildman–Crippen LogP) is 3.37. The number of aryl methyl sites for hydroxylation is 1. The van der Waals surface area contributed by atoms with Crippen molar-refractivity contribution >= 4 is 23.6 Å². The molecule has 2 aromatic rings. The number of allylic oxidation sites excluding steroid dienone is 1. The van der Waals surface area contributed by atoms with Crippen LogP contribution in [0.25, 0.3) is 0 Å². The lowest BCUT2D eigenvalue weighted by atomic mass is 9.71. The largest absolute Gasteiger partial charge is 0.507 e. The molecule has 12 heteroatoms. The van der Waals surface area contributed by atoms with E-state index in [2.05, 4.69) is 27.3 Å². The van der Waals surface area contributed by atoms with E-state index in [0.717, 1.165) is 22.3 Å². The normalized spacial score (nSPS) is 30.2. The molecule has 45 heavy (non-hydrogen) atoms. The fourth-order valence-corrected chi connectivity index (χ4v) is 9.55. The summed E-state index contributed by atoms with van der Waals surface area (Å²) in [5.41, 5.74) is 5.45. The van der Waals surface area contributed by atoms with Crippen LogP contribution in [0.1, 0.15) is 63.2 Å². The molecule has 0 saturated carbocycles. The number of phenols is 2. The molecule has 1 unspecified atom stereocenters. The predicted molar refractivity (Wildman–Crippen MR) is 165 cm³/mol. The van der Waals surface area contributed by atoms with Crippen molar-refractivity contribution in [3.63, 3.8) is 0 Å². The number of esters is 1. The van der Waals surface area contributed by atoms with Gasteiger partial charge in [0, 0.05) is 40.1 Å². The number of phenolic OH excluding ortho intramolecular Hbond substituents is 2. The van der Waals surface area contributed by atoms with Crippen LogP contribution in [0.3, 0.4) is 0 Å². The van der Waals surface area contributed by atoms with Crippen molar-refractivity contribution in [2.45, 2.75) is 75.6 Å². The summed E-state index contributed by atoms with van der Waals surface area (Å²) in [5.74, 6) is 0.395. The van der Waals surface area contributed by atoms with E-state index in [1.165, 1.54) is 17.8 Å². The van der Waals surface area contributed by atoms with Gasteiger partial charge < -0.3 is 29.7 Å². The van der Waals surface area contributed by atoms with Gasteiger partial charge in [0.2, 0.25) is 12.7 Å². The van der Waals surface area contributed by atoms with E-state index >= 15 is 0 Å². The molecule has 4 bridgehead atoms. The molecule has 236 valence electrons. The first-order chi connectivity index (χ1) is 21.6. The number of nitrogens with one attached hydrogen (secondary N) is 1. The quantitative estimate of drug-likeness (QED) is 0.331. The summed E-state index contributed by atoms with van der Waals surface area (Å²) >= 11 is 1.42. The number of carbonyl (C=O) groups is 2. The third kappa shape index (κ3) is 4.24. The second-order valence-electron chi connectivity index (χ2n) is 12.5. The summed E-state index contributed by atoms with van der Waals surface area (Å²) in [6.45, 7) is 7.24. The lowest BCUT2D eigenvalue weighted by molar-refractivity contribution is -0.152. The molecular weight excluding hydrogens is 596 g/mol. The van der Waals surface area contributed by atoms with Gasteiger partial charge in [-0.05, 0) is 63.9 Å². The number of thioether (sulfide) groups is 1. The zero-order valence-corrected chi connectivity index (χ0v) is 26.6. The molecule has 8 rings (SSSR count). The summed E-state index contributed by atoms with van der Waals surface area (Å²) < 4.78 is 17.8. The Morgan fingerprint density at radius 3 is 2.58 bits per heavy atom. The molecule has 6 heterocycles. The Hall–Kier alpha value is -3.92. The van der Waals surface area contributed by atoms with E-state index in [4.69, 9.17) is 14.2 Å². The Bertz CT molecular complexity index is 1700. The highest BCUT2D eigenvalue weighted by molar-refractivity contribution is 7.99. The number of ether oxygens (including phenoxy) is 3. The lowest BCUT2D eigenvalue weighted by Gasteiger charge is -2.61. The van der Waals surface area contributed by atoms with Gasteiger partial charge in [0.25, 0.3) is 0 Å². The number of amides is 1. The number of nitriles is 1. The van der Waals surface area contributed by atoms with Crippen molar-refractivity contribution < 1.29 is 34.0 Å². The van der Waals surface area contributed by atoms with E-state index in [1.807, 2.05) is 20.9 Å². The second kappa shape index (κ2) is 10.9. The average Bonchev–Trinajstić information content (AvgIpc) is 3.50. The van der Waals surface area contributed by atoms with Crippen LogP contribution in [-0.4, -0.2) is 82.3 Å². The van der Waals surface area contributed by atoms with Gasteiger partial charge in [-0.25, -0.2) is 4.79 Å². The van der Waals surface area contributed by atoms with Crippen molar-refractivity contribution in [3.8, 4) is 29.1 Å². The highest BCUT2D eigenvalue weighted by atomic mass is 32.2. The monoisotopic (exact) mass is 632 g/mol. The first-order valence-electron chi connectivity index (χ1n) is 15.2. The number of likely N-dealkylation sites (N-methyl/N-ethyl adjacent to an activating group) is 1. The van der Waals surface area contributed by atoms with Gasteiger partial charge >= 0.3 is 5.97 Å². The maximum absolute atomic E-state index is 13.4. The number of fused-ring (bicyclic) bond motifs is 10. The van der Waals surface area contributed by atoms with Crippen molar-refractivity contribution in [1.82, 2.24) is 15.1 Å². The fourth-order valence-electron chi connectivity index (χ4n) is 8.04. The maximum atomic E-state index is 13.4. The minimum Gasteiger partial charge on any atom is -0.507 e. The fraction of sp³-hybridized carbons (Fsp3) is 0.485. The molecule has 2 aromatic carbocycles. The standard InChI is InChI=1S/C33H36N4O7S/c1-6-7-22(38)35-18-12-45-32-25-24(31-30(43-13-44-31)16(4)29(25)40)21(11-42-33(18)41)37-20(10-34)19-9-17-8-14(2)15(3)28(39)23(17)26(27(32)37)36(19)5/h6-8,18-21,26-27,32,39-40H,9,11-13H2,1-5H3,(H,35,38)/b7-6+/t18-,19-,20-,21+,26+,27?,32+/m0/s1. The third-order valence-corrected chi connectivity index (χ3v) is 11.6. The Kier molecular flexibility index (Phi) is 7.18. The molecule has 2 saturated heterocycles. The number of aromatic hydroxyl groups is 2. The van der Waals surface area contributed by atoms with Gasteiger partial charge in [0.05, 0.1) is 23.4 Å². The van der Waals surface area contributed by atoms with Gasteiger partial charge in [-0.3, -0.25) is 14.6 Å². The minimum absolute atomic E-state index is 0.0194. The maximum Gasteiger partial charge on any atom is 0.329 e. The molecule has 0 aromatic heterocycles. The highest BCUT2D eigenvalue weighted by Gasteiger charge is 2.60. The Morgan fingerprint density at radius 2 is 1.84 bits per heavy atom. The molecule has 1 amide bonds. The average molecular weight is 633 g/mol. The van der Waals surface area contributed by atoms with Crippen LogP contribution in [0, 0.1) is 32.1 Å². The van der Waals surface area contributed by atoms with Crippen molar-refractivity contribution in [2.24, 2.45) is 0 Å². The number of hydrogen-bond acceptors (Lipinski definition) is 11. The van der Waals surface area contributed by atoms with E-state index in [9.17, 15) is 25.1 Å². The molecule has 3 N–H and O–H groups in total. The summed E-state index contributed by atoms with van der Waals surface area (Å²) in [6, 6.07) is 1.49. The van der Waals surface area contributed by atoms with Gasteiger partial charge in [-0.1, -0.05) is 12.1 Å². The number of piperazine rings is 1. The van der Waals surface area contributed by atoms with Gasteiger partial charge in [0.15, 0.2) is 11.5 Å². The Balaban J connectivity index is 1.48. The van der Waals surface area contributed by atoms with E-state index in [-0.39, 0.29) is 42.7 Å². The zero-order valence-electron chi connectivity index (χ0n) is 25.8. The summed E-state index contributed by atoms with van der Waals surface area (Å²) in [4.78, 5) is 30.3. The van der Waals surface area contributed by atoms with Crippen molar-refractivity contribution in [2.75, 3.05) is 26.2 Å². The number of benzene rings is 2. The first kappa shape index (κ1) is 29.8. The summed E-state index contributed by atoms with van der Waals surface area (Å²) in [5, 5.41) is 36.7. The van der Waals surface area contributed by atoms with Crippen LogP contribution in [0.4, 0.5) is 0 Å². The highest BCUT2D eigenvalue weighted by Crippen LogP contribution is 2.63. The molecular formula is C33H36N4O7S. The summed E-state index contributed by atoms with van der Waals surface area (Å²) in [7, 11) is 2.00. The number of hydrogen-bond donors (Lipinski definition) is 3. The lowest BCUT2D eigenvalue weighted by Crippen LogP contribution is -2.69. The van der Waals surface area contributed by atoms with E-state index in [1.54, 1.807) is 19.9 Å². The number of nitrogens with zero attached hydrogens (tertiary/aromatic N) is 3. The number of carbonyl (C=O) groups excluding carboxylic acids is 2. The van der Waals surface area contributed by atoms with E-state index in [0.29, 0.717) is 34.6 Å². The number of rotatable bonds is 2. The van der Waals surface area contributed by atoms with Gasteiger partial charge in [-0.15, -0.1) is 11.8 Å². The minimum atomic E-state index is -0.940. The first-order valence-corrected chi connectivity index (χ1v) is 16.2. The molecule has 7 atom stereocenters. The second-order valence-corrected chi connectivity index (χ2v) is 13.6. The van der Waals surface area contributed by atoms with Crippen LogP contribution in [0.2, 0.25) is 0 Å². The molecule has 0 spiro atoms. The van der Waals surface area contributed by atoms with Crippen LogP contribution >= 0.6 is 11.8 Å². The van der Waals surface area contributed by atoms with Crippen LogP contribution in [-0.2, 0) is 20.7 Å². The molecule has 6 aliphatic rings. The van der Waals surface area contributed by atoms with Gasteiger partial charge in [-0.2, -0.15) is 5.26 Å². The smallest absolute Gasteiger partial charge is 0.329 e. The molecule has 11 nitrogen and oxygen atoms in total. The van der Waals surface area contributed by atoms with Crippen LogP contribution in [0.15, 0.2) is 18.2 Å². The topological polar surface area (TPSA) is 145 Å². The van der Waals surface area contributed by atoms with Crippen molar-refractivity contribution in [1.29, 1.82) is 5.26 Å². The molecule has 6 aliphatic heterocycles. The molecule has 0 radical (unpaired) electrons. The molecule has 0 aliphatic carbocycles. The van der Waals surface area contributed by atoms with E-state index < -0.39 is 41.3 Å². The Morgan fingerprint density at radius 1 is 1.11 bits per heavy atom. The van der Waals surface area contributed by atoms with Crippen LogP contribution < -0.4 is 14.8 Å². The third-order valence-electron chi connectivity index (χ3n) is 10.2.